The molecule has 1 saturated heterocycles. The van der Waals surface area contributed by atoms with Crippen LogP contribution < -0.4 is 0 Å². The van der Waals surface area contributed by atoms with E-state index in [4.69, 9.17) is 21.4 Å². The predicted molar refractivity (Wildman–Crippen MR) is 64.2 cm³/mol. The van der Waals surface area contributed by atoms with Crippen LogP contribution in [0, 0.1) is 0 Å². The molecule has 96 valence electrons. The van der Waals surface area contributed by atoms with Crippen molar-refractivity contribution >= 4 is 22.6 Å². The first-order valence-electron chi connectivity index (χ1n) is 5.62. The SMILES string of the molecule is OC[C@@H]1CC(O)[C@H](n2ccc3c(Cl)ncnc32)O1. The lowest BCUT2D eigenvalue weighted by Gasteiger charge is -2.17. The normalized spacial score (nSPS) is 28.1. The number of ether oxygens (including phenoxy) is 1. The summed E-state index contributed by atoms with van der Waals surface area (Å²) in [6.07, 6.45) is 1.95. The first kappa shape index (κ1) is 11.9. The van der Waals surface area contributed by atoms with E-state index in [0.717, 1.165) is 0 Å². The minimum absolute atomic E-state index is 0.109. The number of halogens is 1. The molecule has 18 heavy (non-hydrogen) atoms. The molecule has 0 amide bonds. The van der Waals surface area contributed by atoms with Crippen molar-refractivity contribution in [1.29, 1.82) is 0 Å². The molecule has 0 saturated carbocycles. The number of aliphatic hydroxyl groups excluding tert-OH is 2. The van der Waals surface area contributed by atoms with Crippen molar-refractivity contribution in [2.75, 3.05) is 6.61 Å². The van der Waals surface area contributed by atoms with E-state index < -0.39 is 12.3 Å². The molecular formula is C11H12ClN3O3. The second-order valence-electron chi connectivity index (χ2n) is 4.26. The van der Waals surface area contributed by atoms with E-state index in [1.54, 1.807) is 16.8 Å². The number of rotatable bonds is 2. The molecule has 6 nitrogen and oxygen atoms in total. The van der Waals surface area contributed by atoms with Gasteiger partial charge < -0.3 is 19.5 Å². The van der Waals surface area contributed by atoms with Gasteiger partial charge in [0.15, 0.2) is 6.23 Å². The molecule has 1 aliphatic rings. The molecule has 3 rings (SSSR count). The number of hydrogen-bond acceptors (Lipinski definition) is 5. The lowest BCUT2D eigenvalue weighted by molar-refractivity contribution is -0.0484. The van der Waals surface area contributed by atoms with Gasteiger partial charge in [-0.1, -0.05) is 11.6 Å². The van der Waals surface area contributed by atoms with Crippen LogP contribution in [0.5, 0.6) is 0 Å². The highest BCUT2D eigenvalue weighted by molar-refractivity contribution is 6.33. The van der Waals surface area contributed by atoms with E-state index in [-0.39, 0.29) is 12.7 Å². The zero-order chi connectivity index (χ0) is 12.7. The number of aromatic nitrogens is 3. The van der Waals surface area contributed by atoms with E-state index in [1.807, 2.05) is 0 Å². The highest BCUT2D eigenvalue weighted by Gasteiger charge is 2.35. The van der Waals surface area contributed by atoms with E-state index in [0.29, 0.717) is 22.6 Å². The largest absolute Gasteiger partial charge is 0.394 e. The first-order chi connectivity index (χ1) is 8.70. The predicted octanol–water partition coefficient (Wildman–Crippen LogP) is 0.725. The van der Waals surface area contributed by atoms with E-state index in [9.17, 15) is 5.11 Å². The smallest absolute Gasteiger partial charge is 0.161 e. The molecule has 1 fully saturated rings. The minimum atomic E-state index is -0.675. The van der Waals surface area contributed by atoms with Gasteiger partial charge in [0.25, 0.3) is 0 Å². The van der Waals surface area contributed by atoms with Crippen molar-refractivity contribution in [1.82, 2.24) is 14.5 Å². The van der Waals surface area contributed by atoms with Crippen LogP contribution in [0.15, 0.2) is 18.6 Å². The Kier molecular flexibility index (Phi) is 2.95. The minimum Gasteiger partial charge on any atom is -0.394 e. The zero-order valence-electron chi connectivity index (χ0n) is 9.40. The molecule has 1 unspecified atom stereocenters. The topological polar surface area (TPSA) is 80.4 Å². The van der Waals surface area contributed by atoms with Gasteiger partial charge in [0.1, 0.15) is 23.2 Å². The van der Waals surface area contributed by atoms with Crippen LogP contribution in [0.25, 0.3) is 11.0 Å². The zero-order valence-corrected chi connectivity index (χ0v) is 10.2. The molecule has 3 atom stereocenters. The molecule has 2 aromatic heterocycles. The van der Waals surface area contributed by atoms with Crippen molar-refractivity contribution < 1.29 is 14.9 Å². The Bertz CT molecular complexity index is 574. The Morgan fingerprint density at radius 1 is 1.50 bits per heavy atom. The third kappa shape index (κ3) is 1.78. The standard InChI is InChI=1S/C11H12ClN3O3/c12-9-7-1-2-15(10(7)14-5-13-9)11-8(17)3-6(4-16)18-11/h1-2,5-6,8,11,16-17H,3-4H2/t6-,8?,11+/m0/s1. The highest BCUT2D eigenvalue weighted by Crippen LogP contribution is 2.32. The summed E-state index contributed by atoms with van der Waals surface area (Å²) < 4.78 is 7.29. The van der Waals surface area contributed by atoms with Crippen molar-refractivity contribution in [2.45, 2.75) is 24.9 Å². The molecule has 2 aromatic rings. The summed E-state index contributed by atoms with van der Waals surface area (Å²) in [5.41, 5.74) is 0.609. The van der Waals surface area contributed by atoms with Crippen LogP contribution in [-0.2, 0) is 4.74 Å². The summed E-state index contributed by atoms with van der Waals surface area (Å²) in [7, 11) is 0. The average molecular weight is 270 g/mol. The molecule has 1 aliphatic heterocycles. The molecular weight excluding hydrogens is 258 g/mol. The quantitative estimate of drug-likeness (QED) is 0.786. The molecule has 0 spiro atoms. The van der Waals surface area contributed by atoms with Crippen molar-refractivity contribution in [3.63, 3.8) is 0 Å². The van der Waals surface area contributed by atoms with Crippen LogP contribution in [0.3, 0.4) is 0 Å². The molecule has 0 aromatic carbocycles. The summed E-state index contributed by atoms with van der Waals surface area (Å²) in [5, 5.41) is 20.1. The van der Waals surface area contributed by atoms with Gasteiger partial charge in [0.05, 0.1) is 18.1 Å². The van der Waals surface area contributed by atoms with Gasteiger partial charge in [-0.25, -0.2) is 9.97 Å². The Labute approximate surface area is 108 Å². The number of aliphatic hydroxyl groups is 2. The Balaban J connectivity index is 2.02. The summed E-state index contributed by atoms with van der Waals surface area (Å²) in [5.74, 6) is 0. The molecule has 3 heterocycles. The number of fused-ring (bicyclic) bond motifs is 1. The summed E-state index contributed by atoms with van der Waals surface area (Å²) in [6.45, 7) is -0.109. The van der Waals surface area contributed by atoms with Gasteiger partial charge in [-0.15, -0.1) is 0 Å². The fourth-order valence-electron chi connectivity index (χ4n) is 2.24. The van der Waals surface area contributed by atoms with Gasteiger partial charge in [0, 0.05) is 12.6 Å². The lowest BCUT2D eigenvalue weighted by atomic mass is 10.2. The summed E-state index contributed by atoms with van der Waals surface area (Å²) >= 11 is 5.96. The Morgan fingerprint density at radius 2 is 2.33 bits per heavy atom. The molecule has 0 aliphatic carbocycles. The van der Waals surface area contributed by atoms with E-state index in [1.165, 1.54) is 6.33 Å². The van der Waals surface area contributed by atoms with Gasteiger partial charge in [-0.2, -0.15) is 0 Å². The summed E-state index contributed by atoms with van der Waals surface area (Å²) in [6, 6.07) is 1.78. The fourth-order valence-corrected chi connectivity index (χ4v) is 2.43. The number of hydrogen-bond donors (Lipinski definition) is 2. The van der Waals surface area contributed by atoms with Crippen LogP contribution in [-0.4, -0.2) is 43.6 Å². The molecule has 2 N–H and O–H groups in total. The summed E-state index contributed by atoms with van der Waals surface area (Å²) in [4.78, 5) is 8.04. The second kappa shape index (κ2) is 4.47. The highest BCUT2D eigenvalue weighted by atomic mass is 35.5. The van der Waals surface area contributed by atoms with Crippen LogP contribution in [0.1, 0.15) is 12.6 Å². The third-order valence-corrected chi connectivity index (χ3v) is 3.41. The maximum Gasteiger partial charge on any atom is 0.161 e. The second-order valence-corrected chi connectivity index (χ2v) is 4.62. The lowest BCUT2D eigenvalue weighted by Crippen LogP contribution is -2.19. The van der Waals surface area contributed by atoms with E-state index in [2.05, 4.69) is 9.97 Å². The van der Waals surface area contributed by atoms with Crippen molar-refractivity contribution in [3.05, 3.63) is 23.7 Å². The van der Waals surface area contributed by atoms with Gasteiger partial charge >= 0.3 is 0 Å². The van der Waals surface area contributed by atoms with Crippen molar-refractivity contribution in [3.8, 4) is 0 Å². The fraction of sp³-hybridized carbons (Fsp3) is 0.455. The van der Waals surface area contributed by atoms with Crippen molar-refractivity contribution in [2.24, 2.45) is 0 Å². The van der Waals surface area contributed by atoms with Crippen LogP contribution in [0.4, 0.5) is 0 Å². The third-order valence-electron chi connectivity index (χ3n) is 3.10. The molecule has 7 heteroatoms. The van der Waals surface area contributed by atoms with Gasteiger partial charge in [-0.3, -0.25) is 0 Å². The average Bonchev–Trinajstić information content (AvgIpc) is 2.93. The first-order valence-corrected chi connectivity index (χ1v) is 6.00. The Morgan fingerprint density at radius 3 is 3.06 bits per heavy atom. The molecule has 0 radical (unpaired) electrons. The van der Waals surface area contributed by atoms with Crippen LogP contribution in [0.2, 0.25) is 5.15 Å². The maximum atomic E-state index is 9.96. The monoisotopic (exact) mass is 269 g/mol. The van der Waals surface area contributed by atoms with E-state index >= 15 is 0 Å². The maximum absolute atomic E-state index is 9.96. The molecule has 0 bridgehead atoms. The van der Waals surface area contributed by atoms with Gasteiger partial charge in [0.2, 0.25) is 0 Å². The number of nitrogens with zero attached hydrogens (tertiary/aromatic N) is 3. The Hall–Kier alpha value is -1.21. The van der Waals surface area contributed by atoms with Gasteiger partial charge in [-0.05, 0) is 6.07 Å². The van der Waals surface area contributed by atoms with Crippen LogP contribution >= 0.6 is 11.6 Å².